The molecule has 1 heterocycles. The van der Waals surface area contributed by atoms with Crippen molar-refractivity contribution in [1.82, 2.24) is 5.16 Å². The Morgan fingerprint density at radius 3 is 2.93 bits per heavy atom. The second-order valence-electron chi connectivity index (χ2n) is 3.88. The van der Waals surface area contributed by atoms with Crippen molar-refractivity contribution in [2.24, 2.45) is 10.9 Å². The second-order valence-corrected chi connectivity index (χ2v) is 3.88. The van der Waals surface area contributed by atoms with Crippen molar-refractivity contribution in [1.29, 1.82) is 0 Å². The number of aromatic nitrogens is 1. The van der Waals surface area contributed by atoms with Crippen molar-refractivity contribution in [3.05, 3.63) is 11.3 Å². The highest BCUT2D eigenvalue weighted by molar-refractivity contribution is 6.03. The molecule has 82 valence electrons. The van der Waals surface area contributed by atoms with Crippen LogP contribution >= 0.6 is 0 Å². The van der Waals surface area contributed by atoms with Crippen molar-refractivity contribution in [2.75, 3.05) is 0 Å². The SMILES string of the molecule is CC(C)Oc1noc2c1C(=NN)CCC2. The Labute approximate surface area is 88.3 Å². The fourth-order valence-electron chi connectivity index (χ4n) is 1.74. The predicted octanol–water partition coefficient (Wildman–Crippen LogP) is 1.46. The normalized spacial score (nSPS) is 18.2. The van der Waals surface area contributed by atoms with E-state index in [2.05, 4.69) is 10.3 Å². The van der Waals surface area contributed by atoms with Gasteiger partial charge >= 0.3 is 0 Å². The van der Waals surface area contributed by atoms with Crippen LogP contribution in [0, 0.1) is 0 Å². The molecular formula is C10H15N3O2. The van der Waals surface area contributed by atoms with Crippen LogP contribution in [0.1, 0.15) is 38.0 Å². The van der Waals surface area contributed by atoms with Gasteiger partial charge < -0.3 is 15.1 Å². The predicted molar refractivity (Wildman–Crippen MR) is 55.9 cm³/mol. The van der Waals surface area contributed by atoms with Crippen LogP contribution < -0.4 is 10.6 Å². The molecule has 0 unspecified atom stereocenters. The third kappa shape index (κ3) is 1.82. The molecule has 5 heteroatoms. The minimum atomic E-state index is 0.0696. The highest BCUT2D eigenvalue weighted by atomic mass is 16.5. The third-order valence-corrected chi connectivity index (χ3v) is 2.34. The number of hydrazone groups is 1. The second kappa shape index (κ2) is 3.92. The van der Waals surface area contributed by atoms with Crippen LogP contribution in [0.4, 0.5) is 0 Å². The van der Waals surface area contributed by atoms with Crippen LogP contribution in [-0.4, -0.2) is 17.0 Å². The summed E-state index contributed by atoms with van der Waals surface area (Å²) >= 11 is 0. The van der Waals surface area contributed by atoms with E-state index in [0.717, 1.165) is 36.3 Å². The van der Waals surface area contributed by atoms with Crippen molar-refractivity contribution >= 4 is 5.71 Å². The highest BCUT2D eigenvalue weighted by Crippen LogP contribution is 2.29. The van der Waals surface area contributed by atoms with Crippen molar-refractivity contribution in [3.63, 3.8) is 0 Å². The van der Waals surface area contributed by atoms with E-state index in [1.165, 1.54) is 0 Å². The lowest BCUT2D eigenvalue weighted by atomic mass is 9.96. The molecule has 0 fully saturated rings. The van der Waals surface area contributed by atoms with Gasteiger partial charge in [0.15, 0.2) is 0 Å². The van der Waals surface area contributed by atoms with Crippen molar-refractivity contribution in [3.8, 4) is 5.88 Å². The van der Waals surface area contributed by atoms with E-state index >= 15 is 0 Å². The first-order chi connectivity index (χ1) is 7.22. The number of nitrogens with two attached hydrogens (primary N) is 1. The average molecular weight is 209 g/mol. The number of fused-ring (bicyclic) bond motifs is 1. The molecule has 1 aliphatic rings. The van der Waals surface area contributed by atoms with Crippen molar-refractivity contribution < 1.29 is 9.26 Å². The Morgan fingerprint density at radius 1 is 1.47 bits per heavy atom. The molecule has 0 atom stereocenters. The summed E-state index contributed by atoms with van der Waals surface area (Å²) in [4.78, 5) is 0. The highest BCUT2D eigenvalue weighted by Gasteiger charge is 2.26. The van der Waals surface area contributed by atoms with Gasteiger partial charge in [-0.2, -0.15) is 5.10 Å². The largest absolute Gasteiger partial charge is 0.472 e. The molecule has 0 saturated carbocycles. The molecule has 1 aromatic heterocycles. The van der Waals surface area contributed by atoms with E-state index in [-0.39, 0.29) is 6.10 Å². The van der Waals surface area contributed by atoms with E-state index in [1.54, 1.807) is 0 Å². The number of rotatable bonds is 2. The maximum absolute atomic E-state index is 5.54. The Kier molecular flexibility index (Phi) is 2.62. The molecule has 1 aromatic rings. The lowest BCUT2D eigenvalue weighted by Crippen LogP contribution is -2.15. The fourth-order valence-corrected chi connectivity index (χ4v) is 1.74. The molecule has 5 nitrogen and oxygen atoms in total. The molecule has 0 aromatic carbocycles. The number of ether oxygens (including phenoxy) is 1. The summed E-state index contributed by atoms with van der Waals surface area (Å²) in [6.45, 7) is 3.90. The molecular weight excluding hydrogens is 194 g/mol. The Balaban J connectivity index is 2.38. The summed E-state index contributed by atoms with van der Waals surface area (Å²) in [5.74, 6) is 6.69. The number of aryl methyl sites for hydroxylation is 1. The summed E-state index contributed by atoms with van der Waals surface area (Å²) in [5.41, 5.74) is 1.69. The van der Waals surface area contributed by atoms with Crippen LogP contribution in [0.5, 0.6) is 5.88 Å². The van der Waals surface area contributed by atoms with Crippen LogP contribution in [0.3, 0.4) is 0 Å². The zero-order valence-corrected chi connectivity index (χ0v) is 8.99. The Bertz CT molecular complexity index is 382. The summed E-state index contributed by atoms with van der Waals surface area (Å²) in [7, 11) is 0. The fraction of sp³-hybridized carbons (Fsp3) is 0.600. The van der Waals surface area contributed by atoms with Gasteiger partial charge in [-0.05, 0) is 31.8 Å². The van der Waals surface area contributed by atoms with Crippen molar-refractivity contribution in [2.45, 2.75) is 39.2 Å². The molecule has 1 aliphatic carbocycles. The molecule has 0 radical (unpaired) electrons. The standard InChI is InChI=1S/C10H15N3O2/c1-6(2)14-10-9-7(12-11)4-3-5-8(9)15-13-10/h6H,3-5,11H2,1-2H3. The molecule has 0 spiro atoms. The number of hydrogen-bond acceptors (Lipinski definition) is 5. The van der Waals surface area contributed by atoms with Gasteiger partial charge in [0.2, 0.25) is 0 Å². The summed E-state index contributed by atoms with van der Waals surface area (Å²) in [6, 6.07) is 0. The zero-order valence-electron chi connectivity index (χ0n) is 8.99. The summed E-state index contributed by atoms with van der Waals surface area (Å²) < 4.78 is 10.8. The minimum Gasteiger partial charge on any atom is -0.472 e. The van der Waals surface area contributed by atoms with Gasteiger partial charge in [0.25, 0.3) is 5.88 Å². The lowest BCUT2D eigenvalue weighted by molar-refractivity contribution is 0.216. The molecule has 0 bridgehead atoms. The number of hydrogen-bond donors (Lipinski definition) is 1. The van der Waals surface area contributed by atoms with E-state index in [0.29, 0.717) is 5.88 Å². The lowest BCUT2D eigenvalue weighted by Gasteiger charge is -2.13. The Morgan fingerprint density at radius 2 is 2.27 bits per heavy atom. The minimum absolute atomic E-state index is 0.0696. The quantitative estimate of drug-likeness (QED) is 0.591. The van der Waals surface area contributed by atoms with Gasteiger partial charge in [-0.3, -0.25) is 0 Å². The Hall–Kier alpha value is -1.52. The first-order valence-electron chi connectivity index (χ1n) is 5.14. The zero-order chi connectivity index (χ0) is 10.8. The monoisotopic (exact) mass is 209 g/mol. The molecule has 0 amide bonds. The van der Waals surface area contributed by atoms with Gasteiger partial charge in [0, 0.05) is 6.42 Å². The van der Waals surface area contributed by atoms with Crippen LogP contribution in [-0.2, 0) is 6.42 Å². The van der Waals surface area contributed by atoms with Gasteiger partial charge in [-0.15, -0.1) is 0 Å². The van der Waals surface area contributed by atoms with E-state index in [1.807, 2.05) is 13.8 Å². The average Bonchev–Trinajstić information content (AvgIpc) is 2.61. The maximum atomic E-state index is 5.54. The van der Waals surface area contributed by atoms with Gasteiger partial charge in [0.05, 0.1) is 11.8 Å². The summed E-state index contributed by atoms with van der Waals surface area (Å²) in [6.07, 6.45) is 2.81. The molecule has 2 rings (SSSR count). The van der Waals surface area contributed by atoms with E-state index in [9.17, 15) is 0 Å². The van der Waals surface area contributed by atoms with Crippen LogP contribution in [0.25, 0.3) is 0 Å². The van der Waals surface area contributed by atoms with Crippen LogP contribution in [0.15, 0.2) is 9.62 Å². The maximum Gasteiger partial charge on any atom is 0.263 e. The van der Waals surface area contributed by atoms with E-state index in [4.69, 9.17) is 15.1 Å². The third-order valence-electron chi connectivity index (χ3n) is 2.34. The van der Waals surface area contributed by atoms with E-state index < -0.39 is 0 Å². The smallest absolute Gasteiger partial charge is 0.263 e. The van der Waals surface area contributed by atoms with Gasteiger partial charge in [0.1, 0.15) is 11.3 Å². The van der Waals surface area contributed by atoms with Crippen LogP contribution in [0.2, 0.25) is 0 Å². The first-order valence-corrected chi connectivity index (χ1v) is 5.14. The molecule has 0 saturated heterocycles. The topological polar surface area (TPSA) is 73.6 Å². The molecule has 0 aliphatic heterocycles. The summed E-state index contributed by atoms with van der Waals surface area (Å²) in [5, 5.41) is 7.67. The molecule has 15 heavy (non-hydrogen) atoms. The van der Waals surface area contributed by atoms with Gasteiger partial charge in [-0.25, -0.2) is 0 Å². The van der Waals surface area contributed by atoms with Gasteiger partial charge in [-0.1, -0.05) is 0 Å². The number of nitrogens with zero attached hydrogens (tertiary/aromatic N) is 2. The molecule has 2 N–H and O–H groups in total. The first kappa shape index (κ1) is 10.0.